The van der Waals surface area contributed by atoms with Gasteiger partial charge in [0.1, 0.15) is 12.1 Å². The lowest BCUT2D eigenvalue weighted by atomic mass is 10.3. The minimum Gasteiger partial charge on any atom is -0.480 e. The number of rotatable bonds is 7. The maximum absolute atomic E-state index is 10.4. The summed E-state index contributed by atoms with van der Waals surface area (Å²) in [5, 5.41) is 22.4. The average molecular weight is 204 g/mol. The normalized spacial score (nSPS) is 14.7. The smallest absolute Gasteiger partial charge is 0.320 e. The van der Waals surface area contributed by atoms with Gasteiger partial charge >= 0.3 is 11.9 Å². The van der Waals surface area contributed by atoms with Crippen LogP contribution in [0.5, 0.6) is 0 Å². The fourth-order valence-corrected chi connectivity index (χ4v) is 0.752. The summed E-state index contributed by atoms with van der Waals surface area (Å²) in [4.78, 5) is 20.7. The van der Waals surface area contributed by atoms with Crippen LogP contribution in [0.2, 0.25) is 0 Å². The topological polar surface area (TPSA) is 98.7 Å². The van der Waals surface area contributed by atoms with Crippen molar-refractivity contribution >= 4 is 11.9 Å². The van der Waals surface area contributed by atoms with Crippen molar-refractivity contribution in [2.75, 3.05) is 13.1 Å². The molecule has 82 valence electrons. The highest BCUT2D eigenvalue weighted by atomic mass is 16.4. The molecule has 6 nitrogen and oxygen atoms in total. The van der Waals surface area contributed by atoms with Crippen LogP contribution in [0.4, 0.5) is 0 Å². The van der Waals surface area contributed by atoms with Gasteiger partial charge in [0.15, 0.2) is 0 Å². The molecule has 0 radical (unpaired) electrons. The predicted octanol–water partition coefficient (Wildman–Crippen LogP) is -0.888. The quantitative estimate of drug-likeness (QED) is 0.402. The first-order chi connectivity index (χ1) is 6.45. The van der Waals surface area contributed by atoms with Gasteiger partial charge in [0.2, 0.25) is 0 Å². The van der Waals surface area contributed by atoms with Crippen LogP contribution in [-0.2, 0) is 9.59 Å². The van der Waals surface area contributed by atoms with Gasteiger partial charge in [0.25, 0.3) is 0 Å². The molecule has 0 spiro atoms. The largest absolute Gasteiger partial charge is 0.480 e. The van der Waals surface area contributed by atoms with E-state index in [1.54, 1.807) is 0 Å². The Morgan fingerprint density at radius 1 is 1.00 bits per heavy atom. The van der Waals surface area contributed by atoms with Crippen LogP contribution < -0.4 is 10.6 Å². The highest BCUT2D eigenvalue weighted by molar-refractivity contribution is 5.73. The van der Waals surface area contributed by atoms with Gasteiger partial charge in [-0.25, -0.2) is 0 Å². The van der Waals surface area contributed by atoms with E-state index in [0.717, 1.165) is 0 Å². The third-order valence-electron chi connectivity index (χ3n) is 1.77. The zero-order valence-corrected chi connectivity index (χ0v) is 8.28. The summed E-state index contributed by atoms with van der Waals surface area (Å²) >= 11 is 0. The fourth-order valence-electron chi connectivity index (χ4n) is 0.752. The highest BCUT2D eigenvalue weighted by Gasteiger charge is 2.11. The van der Waals surface area contributed by atoms with Crippen molar-refractivity contribution in [1.82, 2.24) is 10.6 Å². The molecule has 0 rings (SSSR count). The number of aliphatic carboxylic acids is 2. The third kappa shape index (κ3) is 5.50. The summed E-state index contributed by atoms with van der Waals surface area (Å²) in [5.74, 6) is -1.84. The first-order valence-electron chi connectivity index (χ1n) is 4.37. The van der Waals surface area contributed by atoms with E-state index in [1.807, 2.05) is 0 Å². The van der Waals surface area contributed by atoms with E-state index in [-0.39, 0.29) is 0 Å². The van der Waals surface area contributed by atoms with Gasteiger partial charge in [-0.05, 0) is 13.8 Å². The molecule has 0 aromatic rings. The second-order valence-corrected chi connectivity index (χ2v) is 3.03. The van der Waals surface area contributed by atoms with Crippen LogP contribution in [0.15, 0.2) is 0 Å². The molecule has 6 heteroatoms. The maximum atomic E-state index is 10.4. The van der Waals surface area contributed by atoms with Crippen LogP contribution >= 0.6 is 0 Å². The molecule has 2 atom stereocenters. The standard InChI is InChI=1S/C8H16N2O4/c1-5(7(11)12)9-3-4-10-6(2)8(13)14/h5-6,9-10H,3-4H2,1-2H3,(H,11,12)(H,13,14)/t5-,6-/m1/s1. The van der Waals surface area contributed by atoms with E-state index < -0.39 is 24.0 Å². The molecule has 0 fully saturated rings. The second-order valence-electron chi connectivity index (χ2n) is 3.03. The molecule has 0 heterocycles. The third-order valence-corrected chi connectivity index (χ3v) is 1.77. The first kappa shape index (κ1) is 12.9. The monoisotopic (exact) mass is 204 g/mol. The molecule has 0 bridgehead atoms. The molecule has 0 aliphatic heterocycles. The first-order valence-corrected chi connectivity index (χ1v) is 4.37. The van der Waals surface area contributed by atoms with Crippen molar-refractivity contribution in [2.45, 2.75) is 25.9 Å². The van der Waals surface area contributed by atoms with Gasteiger partial charge in [-0.1, -0.05) is 0 Å². The molecule has 0 unspecified atom stereocenters. The van der Waals surface area contributed by atoms with Crippen LogP contribution in [0.25, 0.3) is 0 Å². The predicted molar refractivity (Wildman–Crippen MR) is 50.2 cm³/mol. The van der Waals surface area contributed by atoms with E-state index in [2.05, 4.69) is 10.6 Å². The summed E-state index contributed by atoms with van der Waals surface area (Å²) < 4.78 is 0. The Kier molecular flexibility index (Phi) is 5.82. The van der Waals surface area contributed by atoms with Gasteiger partial charge in [-0.3, -0.25) is 9.59 Å². The molecule has 14 heavy (non-hydrogen) atoms. The van der Waals surface area contributed by atoms with Crippen molar-refractivity contribution < 1.29 is 19.8 Å². The fraction of sp³-hybridized carbons (Fsp3) is 0.750. The van der Waals surface area contributed by atoms with Crippen molar-refractivity contribution in [3.63, 3.8) is 0 Å². The van der Waals surface area contributed by atoms with Gasteiger partial charge in [-0.2, -0.15) is 0 Å². The van der Waals surface area contributed by atoms with Crippen LogP contribution in [0, 0.1) is 0 Å². The molecule has 0 amide bonds. The Labute approximate surface area is 82.3 Å². The molecule has 0 aliphatic rings. The minimum atomic E-state index is -0.920. The zero-order valence-electron chi connectivity index (χ0n) is 8.28. The molecule has 0 saturated heterocycles. The SMILES string of the molecule is C[C@@H](NCCN[C@H](C)C(=O)O)C(=O)O. The van der Waals surface area contributed by atoms with Gasteiger partial charge in [-0.15, -0.1) is 0 Å². The van der Waals surface area contributed by atoms with Crippen LogP contribution in [-0.4, -0.2) is 47.3 Å². The van der Waals surface area contributed by atoms with Crippen molar-refractivity contribution in [1.29, 1.82) is 0 Å². The number of hydrogen-bond acceptors (Lipinski definition) is 4. The second kappa shape index (κ2) is 6.33. The maximum Gasteiger partial charge on any atom is 0.320 e. The van der Waals surface area contributed by atoms with E-state index in [9.17, 15) is 9.59 Å². The number of carboxylic acids is 2. The summed E-state index contributed by atoms with van der Waals surface area (Å²) in [5.41, 5.74) is 0. The van der Waals surface area contributed by atoms with Gasteiger partial charge in [0.05, 0.1) is 0 Å². The van der Waals surface area contributed by atoms with Crippen LogP contribution in [0.1, 0.15) is 13.8 Å². The lowest BCUT2D eigenvalue weighted by Crippen LogP contribution is -2.42. The number of carbonyl (C=O) groups is 2. The summed E-state index contributed by atoms with van der Waals surface area (Å²) in [6.45, 7) is 3.90. The lowest BCUT2D eigenvalue weighted by molar-refractivity contribution is -0.140. The number of hydrogen-bond donors (Lipinski definition) is 4. The summed E-state index contributed by atoms with van der Waals surface area (Å²) in [7, 11) is 0. The molecule has 4 N–H and O–H groups in total. The van der Waals surface area contributed by atoms with Gasteiger partial charge in [0, 0.05) is 13.1 Å². The summed E-state index contributed by atoms with van der Waals surface area (Å²) in [6.07, 6.45) is 0. The lowest BCUT2D eigenvalue weighted by Gasteiger charge is -2.11. The molecule has 0 aromatic heterocycles. The minimum absolute atomic E-state index is 0.422. The number of carboxylic acid groups (broad SMARTS) is 2. The zero-order chi connectivity index (χ0) is 11.1. The van der Waals surface area contributed by atoms with E-state index in [4.69, 9.17) is 10.2 Å². The summed E-state index contributed by atoms with van der Waals surface area (Å²) in [6, 6.07) is -1.23. The highest BCUT2D eigenvalue weighted by Crippen LogP contribution is 1.81. The Morgan fingerprint density at radius 2 is 1.29 bits per heavy atom. The van der Waals surface area contributed by atoms with E-state index in [0.29, 0.717) is 13.1 Å². The molecule has 0 aromatic carbocycles. The molecule has 0 aliphatic carbocycles. The van der Waals surface area contributed by atoms with Crippen LogP contribution in [0.3, 0.4) is 0 Å². The van der Waals surface area contributed by atoms with Gasteiger partial charge < -0.3 is 20.8 Å². The molecular weight excluding hydrogens is 188 g/mol. The molecule has 0 saturated carbocycles. The average Bonchev–Trinajstić information content (AvgIpc) is 2.11. The van der Waals surface area contributed by atoms with E-state index in [1.165, 1.54) is 13.8 Å². The van der Waals surface area contributed by atoms with Crippen molar-refractivity contribution in [3.8, 4) is 0 Å². The Balaban J connectivity index is 3.47. The van der Waals surface area contributed by atoms with Crippen molar-refractivity contribution in [2.24, 2.45) is 0 Å². The van der Waals surface area contributed by atoms with E-state index >= 15 is 0 Å². The molecular formula is C8H16N2O4. The number of nitrogens with one attached hydrogen (secondary N) is 2. The Bertz CT molecular complexity index is 186. The Morgan fingerprint density at radius 3 is 1.50 bits per heavy atom. The van der Waals surface area contributed by atoms with Crippen molar-refractivity contribution in [3.05, 3.63) is 0 Å². The Hall–Kier alpha value is -1.14.